The molecular formula is C18H16N6OS. The number of hydrogen-bond donors (Lipinski definition) is 0. The normalized spacial score (nSPS) is 14.8. The van der Waals surface area contributed by atoms with Gasteiger partial charge in [0.2, 0.25) is 0 Å². The van der Waals surface area contributed by atoms with Crippen LogP contribution in [0.1, 0.15) is 11.3 Å². The van der Waals surface area contributed by atoms with Crippen molar-refractivity contribution in [3.8, 4) is 5.75 Å². The van der Waals surface area contributed by atoms with E-state index >= 15 is 0 Å². The van der Waals surface area contributed by atoms with Crippen LogP contribution in [0.2, 0.25) is 0 Å². The van der Waals surface area contributed by atoms with Gasteiger partial charge in [0.25, 0.3) is 0 Å². The van der Waals surface area contributed by atoms with Gasteiger partial charge in [0.15, 0.2) is 0 Å². The molecule has 5 rings (SSSR count). The van der Waals surface area contributed by atoms with Crippen LogP contribution < -0.4 is 9.64 Å². The second-order valence-corrected chi connectivity index (χ2v) is 7.40. The molecule has 0 radical (unpaired) electrons. The Kier molecular flexibility index (Phi) is 3.46. The summed E-state index contributed by atoms with van der Waals surface area (Å²) in [5, 5.41) is 9.67. The molecule has 0 unspecified atom stereocenters. The highest BCUT2D eigenvalue weighted by Crippen LogP contribution is 2.39. The molecule has 0 N–H and O–H groups in total. The Morgan fingerprint density at radius 1 is 1.19 bits per heavy atom. The van der Waals surface area contributed by atoms with Crippen molar-refractivity contribution in [1.82, 2.24) is 25.1 Å². The number of fused-ring (bicyclic) bond motifs is 3. The fourth-order valence-corrected chi connectivity index (χ4v) is 4.34. The van der Waals surface area contributed by atoms with Crippen LogP contribution >= 0.6 is 11.3 Å². The standard InChI is InChI=1S/C18H16N6OS/c1-10-11(2)22-23-18-14(10)15-16(26-18)17(21-9-20-15)24-7-13(8-24)25-12-4-3-5-19-6-12/h3-6,9,13H,7-8H2,1-2H3. The van der Waals surface area contributed by atoms with Gasteiger partial charge in [-0.05, 0) is 31.5 Å². The monoisotopic (exact) mass is 364 g/mol. The zero-order valence-corrected chi connectivity index (χ0v) is 15.2. The summed E-state index contributed by atoms with van der Waals surface area (Å²) in [5.41, 5.74) is 3.03. The van der Waals surface area contributed by atoms with E-state index in [1.165, 1.54) is 0 Å². The first-order valence-electron chi connectivity index (χ1n) is 8.39. The molecule has 7 nitrogen and oxygen atoms in total. The summed E-state index contributed by atoms with van der Waals surface area (Å²) < 4.78 is 7.00. The lowest BCUT2D eigenvalue weighted by Crippen LogP contribution is -2.54. The molecule has 8 heteroatoms. The van der Waals surface area contributed by atoms with Gasteiger partial charge in [0, 0.05) is 11.6 Å². The number of nitrogens with zero attached hydrogens (tertiary/aromatic N) is 6. The maximum atomic E-state index is 5.94. The third kappa shape index (κ3) is 2.37. The lowest BCUT2D eigenvalue weighted by Gasteiger charge is -2.39. The van der Waals surface area contributed by atoms with Crippen molar-refractivity contribution < 1.29 is 4.74 Å². The van der Waals surface area contributed by atoms with Gasteiger partial charge in [-0.25, -0.2) is 9.97 Å². The van der Waals surface area contributed by atoms with E-state index in [0.29, 0.717) is 0 Å². The molecule has 0 atom stereocenters. The molecule has 1 saturated heterocycles. The van der Waals surface area contributed by atoms with Crippen LogP contribution in [0.5, 0.6) is 5.75 Å². The molecule has 4 aromatic heterocycles. The molecule has 26 heavy (non-hydrogen) atoms. The van der Waals surface area contributed by atoms with Gasteiger partial charge in [-0.3, -0.25) is 4.98 Å². The fraction of sp³-hybridized carbons (Fsp3) is 0.278. The van der Waals surface area contributed by atoms with Crippen molar-refractivity contribution in [2.75, 3.05) is 18.0 Å². The molecule has 0 amide bonds. The van der Waals surface area contributed by atoms with E-state index in [1.54, 1.807) is 30.1 Å². The number of anilines is 1. The number of pyridine rings is 1. The van der Waals surface area contributed by atoms with Crippen LogP contribution in [-0.2, 0) is 0 Å². The predicted molar refractivity (Wildman–Crippen MR) is 101 cm³/mol. The Balaban J connectivity index is 1.46. The molecule has 130 valence electrons. The number of aromatic nitrogens is 5. The van der Waals surface area contributed by atoms with Crippen molar-refractivity contribution >= 4 is 37.6 Å². The van der Waals surface area contributed by atoms with Gasteiger partial charge >= 0.3 is 0 Å². The van der Waals surface area contributed by atoms with Gasteiger partial charge in [-0.15, -0.1) is 16.4 Å². The first kappa shape index (κ1) is 15.4. The topological polar surface area (TPSA) is 76.9 Å². The molecular weight excluding hydrogens is 348 g/mol. The quantitative estimate of drug-likeness (QED) is 0.553. The molecule has 1 aliphatic rings. The van der Waals surface area contributed by atoms with E-state index in [0.717, 1.165) is 56.3 Å². The van der Waals surface area contributed by atoms with Crippen molar-refractivity contribution in [3.05, 3.63) is 42.1 Å². The van der Waals surface area contributed by atoms with Gasteiger partial charge in [-0.1, -0.05) is 0 Å². The van der Waals surface area contributed by atoms with Gasteiger partial charge in [0.1, 0.15) is 28.8 Å². The first-order chi connectivity index (χ1) is 12.7. The van der Waals surface area contributed by atoms with E-state index in [1.807, 2.05) is 19.1 Å². The molecule has 1 aliphatic heterocycles. The number of rotatable bonds is 3. The summed E-state index contributed by atoms with van der Waals surface area (Å²) in [4.78, 5) is 16.3. The zero-order chi connectivity index (χ0) is 17.7. The lowest BCUT2D eigenvalue weighted by molar-refractivity contribution is 0.166. The molecule has 0 spiro atoms. The minimum atomic E-state index is 0.141. The van der Waals surface area contributed by atoms with Crippen LogP contribution in [-0.4, -0.2) is 44.3 Å². The fourth-order valence-electron chi connectivity index (χ4n) is 3.19. The predicted octanol–water partition coefficient (Wildman–Crippen LogP) is 2.91. The summed E-state index contributed by atoms with van der Waals surface area (Å²) >= 11 is 1.60. The van der Waals surface area contributed by atoms with Crippen LogP contribution in [0.15, 0.2) is 30.9 Å². The van der Waals surface area contributed by atoms with Crippen LogP contribution in [0.4, 0.5) is 5.82 Å². The van der Waals surface area contributed by atoms with Gasteiger partial charge in [0.05, 0.1) is 35.2 Å². The summed E-state index contributed by atoms with van der Waals surface area (Å²) in [5.74, 6) is 1.74. The molecule has 0 aliphatic carbocycles. The molecule has 0 saturated carbocycles. The number of aryl methyl sites for hydroxylation is 2. The van der Waals surface area contributed by atoms with E-state index < -0.39 is 0 Å². The number of thiophene rings is 1. The van der Waals surface area contributed by atoms with Gasteiger partial charge < -0.3 is 9.64 Å². The summed E-state index contributed by atoms with van der Waals surface area (Å²) in [6, 6.07) is 3.80. The highest BCUT2D eigenvalue weighted by atomic mass is 32.1. The number of hydrogen-bond acceptors (Lipinski definition) is 8. The Morgan fingerprint density at radius 2 is 2.08 bits per heavy atom. The number of ether oxygens (including phenoxy) is 1. The van der Waals surface area contributed by atoms with Crippen molar-refractivity contribution in [1.29, 1.82) is 0 Å². The summed E-state index contributed by atoms with van der Waals surface area (Å²) in [6.45, 7) is 5.63. The average molecular weight is 364 g/mol. The van der Waals surface area contributed by atoms with Crippen molar-refractivity contribution in [2.24, 2.45) is 0 Å². The zero-order valence-electron chi connectivity index (χ0n) is 14.4. The largest absolute Gasteiger partial charge is 0.485 e. The maximum absolute atomic E-state index is 5.94. The van der Waals surface area contributed by atoms with Crippen LogP contribution in [0.3, 0.4) is 0 Å². The molecule has 0 aromatic carbocycles. The smallest absolute Gasteiger partial charge is 0.150 e. The SMILES string of the molecule is Cc1nnc2sc3c(N4CC(Oc5cccnc5)C4)ncnc3c2c1C. The minimum absolute atomic E-state index is 0.141. The first-order valence-corrected chi connectivity index (χ1v) is 9.21. The maximum Gasteiger partial charge on any atom is 0.150 e. The molecule has 0 bridgehead atoms. The van der Waals surface area contributed by atoms with Crippen LogP contribution in [0, 0.1) is 13.8 Å². The second-order valence-electron chi connectivity index (χ2n) is 6.40. The Morgan fingerprint density at radius 3 is 2.88 bits per heavy atom. The molecule has 1 fully saturated rings. The third-order valence-corrected chi connectivity index (χ3v) is 5.79. The molecule has 4 aromatic rings. The van der Waals surface area contributed by atoms with E-state index in [9.17, 15) is 0 Å². The highest BCUT2D eigenvalue weighted by Gasteiger charge is 2.31. The third-order valence-electron chi connectivity index (χ3n) is 4.73. The second kappa shape index (κ2) is 5.84. The van der Waals surface area contributed by atoms with Crippen molar-refractivity contribution in [3.63, 3.8) is 0 Å². The highest BCUT2D eigenvalue weighted by molar-refractivity contribution is 7.26. The van der Waals surface area contributed by atoms with E-state index in [2.05, 4.69) is 37.0 Å². The summed E-state index contributed by atoms with van der Waals surface area (Å²) in [7, 11) is 0. The lowest BCUT2D eigenvalue weighted by atomic mass is 10.1. The van der Waals surface area contributed by atoms with E-state index in [-0.39, 0.29) is 6.10 Å². The average Bonchev–Trinajstić information content (AvgIpc) is 3.01. The van der Waals surface area contributed by atoms with Gasteiger partial charge in [-0.2, -0.15) is 5.10 Å². The Labute approximate surface area is 153 Å². The van der Waals surface area contributed by atoms with E-state index in [4.69, 9.17) is 4.74 Å². The van der Waals surface area contributed by atoms with Crippen molar-refractivity contribution in [2.45, 2.75) is 20.0 Å². The minimum Gasteiger partial charge on any atom is -0.485 e. The molecule has 5 heterocycles. The van der Waals surface area contributed by atoms with Crippen LogP contribution in [0.25, 0.3) is 20.4 Å². The Bertz CT molecular complexity index is 1110. The summed E-state index contributed by atoms with van der Waals surface area (Å²) in [6.07, 6.45) is 5.25. The Hall–Kier alpha value is -2.87.